The van der Waals surface area contributed by atoms with Crippen LogP contribution in [0.5, 0.6) is 0 Å². The predicted molar refractivity (Wildman–Crippen MR) is 52.0 cm³/mol. The molecule has 0 aliphatic rings. The van der Waals surface area contributed by atoms with Crippen molar-refractivity contribution in [3.8, 4) is 0 Å². The molecule has 82 valence electrons. The Hall–Kier alpha value is -0.900. The first-order valence-electron chi connectivity index (χ1n) is 4.69. The van der Waals surface area contributed by atoms with Crippen LogP contribution in [0.1, 0.15) is 33.6 Å². The van der Waals surface area contributed by atoms with Gasteiger partial charge in [-0.2, -0.15) is 0 Å². The van der Waals surface area contributed by atoms with Crippen LogP contribution in [0.25, 0.3) is 0 Å². The number of carbonyl (C=O) groups excluding carboxylic acids is 2. The highest BCUT2D eigenvalue weighted by Crippen LogP contribution is 2.07. The number of esters is 1. The van der Waals surface area contributed by atoms with E-state index in [2.05, 4.69) is 0 Å². The quantitative estimate of drug-likeness (QED) is 0.370. The Morgan fingerprint density at radius 3 is 2.43 bits per heavy atom. The van der Waals surface area contributed by atoms with Crippen molar-refractivity contribution < 1.29 is 19.1 Å². The van der Waals surface area contributed by atoms with Gasteiger partial charge in [-0.25, -0.2) is 0 Å². The number of aldehydes is 1. The van der Waals surface area contributed by atoms with Gasteiger partial charge in [0.05, 0.1) is 19.6 Å². The zero-order valence-electron chi connectivity index (χ0n) is 9.04. The second kappa shape index (κ2) is 6.54. The van der Waals surface area contributed by atoms with Crippen LogP contribution >= 0.6 is 0 Å². The first-order chi connectivity index (χ1) is 6.45. The van der Waals surface area contributed by atoms with Gasteiger partial charge in [0, 0.05) is 6.42 Å². The number of hydrogen-bond donors (Lipinski definition) is 0. The molecule has 4 nitrogen and oxygen atoms in total. The Labute approximate surface area is 84.6 Å². The van der Waals surface area contributed by atoms with E-state index in [1.54, 1.807) is 0 Å². The molecule has 0 N–H and O–H groups in total. The lowest BCUT2D eigenvalue weighted by molar-refractivity contribution is -0.155. The van der Waals surface area contributed by atoms with E-state index in [9.17, 15) is 9.59 Å². The smallest absolute Gasteiger partial charge is 0.308 e. The Morgan fingerprint density at radius 2 is 1.93 bits per heavy atom. The SMILES string of the molecule is CC(C)(C)OC(=O)CCOCCC=O. The molecule has 4 heteroatoms. The highest BCUT2D eigenvalue weighted by Gasteiger charge is 2.15. The van der Waals surface area contributed by atoms with E-state index in [-0.39, 0.29) is 12.4 Å². The van der Waals surface area contributed by atoms with Crippen LogP contribution in [0.3, 0.4) is 0 Å². The van der Waals surface area contributed by atoms with Gasteiger partial charge in [0.1, 0.15) is 11.9 Å². The van der Waals surface area contributed by atoms with Crippen LogP contribution in [0.4, 0.5) is 0 Å². The third-order valence-corrected chi connectivity index (χ3v) is 1.25. The standard InChI is InChI=1S/C10H18O4/c1-10(2,3)14-9(12)5-8-13-7-4-6-11/h6H,4-5,7-8H2,1-3H3. The first-order valence-corrected chi connectivity index (χ1v) is 4.69. The molecule has 0 unspecified atom stereocenters. The van der Waals surface area contributed by atoms with Gasteiger partial charge in [-0.1, -0.05) is 0 Å². The second-order valence-corrected chi connectivity index (χ2v) is 3.90. The summed E-state index contributed by atoms with van der Waals surface area (Å²) in [5, 5.41) is 0. The summed E-state index contributed by atoms with van der Waals surface area (Å²) in [6, 6.07) is 0. The fourth-order valence-electron chi connectivity index (χ4n) is 0.782. The third kappa shape index (κ3) is 9.19. The predicted octanol–water partition coefficient (Wildman–Crippen LogP) is 1.32. The Kier molecular flexibility index (Phi) is 6.12. The fourth-order valence-corrected chi connectivity index (χ4v) is 0.782. The average molecular weight is 202 g/mol. The molecule has 0 radical (unpaired) electrons. The van der Waals surface area contributed by atoms with E-state index in [1.165, 1.54) is 0 Å². The maximum Gasteiger partial charge on any atom is 0.308 e. The number of hydrogen-bond acceptors (Lipinski definition) is 4. The van der Waals surface area contributed by atoms with E-state index in [1.807, 2.05) is 20.8 Å². The summed E-state index contributed by atoms with van der Waals surface area (Å²) in [4.78, 5) is 21.0. The maximum absolute atomic E-state index is 11.1. The third-order valence-electron chi connectivity index (χ3n) is 1.25. The highest BCUT2D eigenvalue weighted by molar-refractivity contribution is 5.69. The monoisotopic (exact) mass is 202 g/mol. The van der Waals surface area contributed by atoms with Gasteiger partial charge in [0.2, 0.25) is 0 Å². The highest BCUT2D eigenvalue weighted by atomic mass is 16.6. The zero-order chi connectivity index (χ0) is 11.0. The molecule has 0 amide bonds. The van der Waals surface area contributed by atoms with Gasteiger partial charge in [0.25, 0.3) is 0 Å². The van der Waals surface area contributed by atoms with Crippen molar-refractivity contribution in [3.05, 3.63) is 0 Å². The average Bonchev–Trinajstić information content (AvgIpc) is 2.00. The van der Waals surface area contributed by atoms with Gasteiger partial charge in [0.15, 0.2) is 0 Å². The van der Waals surface area contributed by atoms with Crippen molar-refractivity contribution in [2.45, 2.75) is 39.2 Å². The van der Waals surface area contributed by atoms with Crippen LogP contribution in [0.2, 0.25) is 0 Å². The number of carbonyl (C=O) groups is 2. The minimum Gasteiger partial charge on any atom is -0.460 e. The van der Waals surface area contributed by atoms with Crippen molar-refractivity contribution in [1.82, 2.24) is 0 Å². The minimum absolute atomic E-state index is 0.232. The van der Waals surface area contributed by atoms with Gasteiger partial charge in [-0.05, 0) is 20.8 Å². The Bertz CT molecular complexity index is 181. The molecule has 14 heavy (non-hydrogen) atoms. The van der Waals surface area contributed by atoms with Crippen molar-refractivity contribution in [3.63, 3.8) is 0 Å². The second-order valence-electron chi connectivity index (χ2n) is 3.90. The van der Waals surface area contributed by atoms with Gasteiger partial charge >= 0.3 is 5.97 Å². The van der Waals surface area contributed by atoms with Crippen LogP contribution in [-0.2, 0) is 19.1 Å². The molecule has 0 bridgehead atoms. The molecule has 0 aromatic heterocycles. The van der Waals surface area contributed by atoms with E-state index in [4.69, 9.17) is 9.47 Å². The Morgan fingerprint density at radius 1 is 1.29 bits per heavy atom. The maximum atomic E-state index is 11.1. The molecular formula is C10H18O4. The molecule has 0 fully saturated rings. The summed E-state index contributed by atoms with van der Waals surface area (Å²) >= 11 is 0. The lowest BCUT2D eigenvalue weighted by Crippen LogP contribution is -2.24. The molecule has 0 saturated carbocycles. The summed E-state index contributed by atoms with van der Waals surface area (Å²) in [6.45, 7) is 6.13. The largest absolute Gasteiger partial charge is 0.460 e. The Balaban J connectivity index is 3.41. The molecule has 0 aliphatic carbocycles. The summed E-state index contributed by atoms with van der Waals surface area (Å²) in [7, 11) is 0. The van der Waals surface area contributed by atoms with E-state index in [0.29, 0.717) is 19.6 Å². The molecule has 0 aromatic rings. The van der Waals surface area contributed by atoms with E-state index >= 15 is 0 Å². The molecule has 0 aromatic carbocycles. The van der Waals surface area contributed by atoms with Crippen LogP contribution < -0.4 is 0 Å². The molecule has 0 aliphatic heterocycles. The van der Waals surface area contributed by atoms with Gasteiger partial charge in [-0.3, -0.25) is 4.79 Å². The lowest BCUT2D eigenvalue weighted by atomic mass is 10.2. The minimum atomic E-state index is -0.445. The van der Waals surface area contributed by atoms with Crippen LogP contribution in [-0.4, -0.2) is 31.1 Å². The van der Waals surface area contributed by atoms with Crippen LogP contribution in [0, 0.1) is 0 Å². The normalized spacial score (nSPS) is 11.1. The molecule has 0 spiro atoms. The zero-order valence-corrected chi connectivity index (χ0v) is 9.04. The van der Waals surface area contributed by atoms with Gasteiger partial charge < -0.3 is 14.3 Å². The van der Waals surface area contributed by atoms with Crippen LogP contribution in [0.15, 0.2) is 0 Å². The molecule has 0 atom stereocenters. The molecule has 0 saturated heterocycles. The molecular weight excluding hydrogens is 184 g/mol. The lowest BCUT2D eigenvalue weighted by Gasteiger charge is -2.19. The molecule has 0 heterocycles. The summed E-state index contributed by atoms with van der Waals surface area (Å²) in [5.41, 5.74) is -0.445. The fraction of sp³-hybridized carbons (Fsp3) is 0.800. The number of rotatable bonds is 6. The van der Waals surface area contributed by atoms with E-state index < -0.39 is 5.60 Å². The molecule has 0 rings (SSSR count). The first kappa shape index (κ1) is 13.1. The van der Waals surface area contributed by atoms with E-state index in [0.717, 1.165) is 6.29 Å². The van der Waals surface area contributed by atoms with Crippen molar-refractivity contribution >= 4 is 12.3 Å². The summed E-state index contributed by atoms with van der Waals surface area (Å²) in [6.07, 6.45) is 1.39. The summed E-state index contributed by atoms with van der Waals surface area (Å²) in [5.74, 6) is -0.274. The van der Waals surface area contributed by atoms with Gasteiger partial charge in [-0.15, -0.1) is 0 Å². The summed E-state index contributed by atoms with van der Waals surface area (Å²) < 4.78 is 10.1. The van der Waals surface area contributed by atoms with Crippen molar-refractivity contribution in [2.75, 3.05) is 13.2 Å². The van der Waals surface area contributed by atoms with Crippen molar-refractivity contribution in [2.24, 2.45) is 0 Å². The van der Waals surface area contributed by atoms with Crippen molar-refractivity contribution in [1.29, 1.82) is 0 Å². The number of ether oxygens (including phenoxy) is 2. The topological polar surface area (TPSA) is 52.6 Å².